The number of nitrogens with two attached hydrogens (primary N) is 1. The monoisotopic (exact) mass is 245 g/mol. The Balaban J connectivity index is 3.38. The van der Waals surface area contributed by atoms with E-state index >= 15 is 0 Å². The third-order valence-electron chi connectivity index (χ3n) is 1.40. The number of nitrogens with zero attached hydrogens (tertiary/aromatic N) is 2. The summed E-state index contributed by atoms with van der Waals surface area (Å²) in [7, 11) is 0. The van der Waals surface area contributed by atoms with Gasteiger partial charge >= 0.3 is 0 Å². The SMILES string of the molecule is Nc1c(Br)cc([N+](=O)[O-])cc1N=O. The number of nitrogen functional groups attached to an aromatic ring is 1. The van der Waals surface area contributed by atoms with E-state index < -0.39 is 4.92 Å². The molecule has 0 bridgehead atoms. The number of nitro benzene ring substituents is 1. The molecule has 0 radical (unpaired) electrons. The van der Waals surface area contributed by atoms with Gasteiger partial charge in [-0.05, 0) is 21.1 Å². The Kier molecular flexibility index (Phi) is 2.57. The second kappa shape index (κ2) is 3.48. The van der Waals surface area contributed by atoms with Crippen LogP contribution >= 0.6 is 15.9 Å². The molecule has 68 valence electrons. The van der Waals surface area contributed by atoms with Gasteiger partial charge in [0.2, 0.25) is 0 Å². The van der Waals surface area contributed by atoms with Crippen LogP contribution in [-0.4, -0.2) is 4.92 Å². The van der Waals surface area contributed by atoms with Crippen LogP contribution in [0.25, 0.3) is 0 Å². The van der Waals surface area contributed by atoms with Crippen LogP contribution in [0.1, 0.15) is 0 Å². The molecule has 1 rings (SSSR count). The molecule has 1 aromatic rings. The van der Waals surface area contributed by atoms with Gasteiger partial charge in [-0.1, -0.05) is 0 Å². The van der Waals surface area contributed by atoms with Crippen molar-refractivity contribution in [2.45, 2.75) is 0 Å². The van der Waals surface area contributed by atoms with Crippen LogP contribution in [0, 0.1) is 15.0 Å². The Morgan fingerprint density at radius 3 is 2.62 bits per heavy atom. The Labute approximate surface area is 81.0 Å². The van der Waals surface area contributed by atoms with Gasteiger partial charge in [-0.3, -0.25) is 10.1 Å². The fourth-order valence-electron chi connectivity index (χ4n) is 0.770. The van der Waals surface area contributed by atoms with Crippen molar-refractivity contribution in [3.8, 4) is 0 Å². The van der Waals surface area contributed by atoms with Crippen LogP contribution in [0.3, 0.4) is 0 Å². The molecule has 0 aliphatic heterocycles. The summed E-state index contributed by atoms with van der Waals surface area (Å²) in [4.78, 5) is 19.9. The first kappa shape index (κ1) is 9.59. The van der Waals surface area contributed by atoms with E-state index in [9.17, 15) is 15.0 Å². The smallest absolute Gasteiger partial charge is 0.273 e. The molecule has 0 aliphatic rings. The minimum Gasteiger partial charge on any atom is -0.396 e. The molecular formula is C6H4BrN3O3. The van der Waals surface area contributed by atoms with Gasteiger partial charge in [0.15, 0.2) is 0 Å². The van der Waals surface area contributed by atoms with Crippen LogP contribution in [0.15, 0.2) is 21.8 Å². The summed E-state index contributed by atoms with van der Waals surface area (Å²) >= 11 is 2.98. The topological polar surface area (TPSA) is 98.6 Å². The van der Waals surface area contributed by atoms with E-state index in [1.165, 1.54) is 6.07 Å². The zero-order valence-corrected chi connectivity index (χ0v) is 7.82. The summed E-state index contributed by atoms with van der Waals surface area (Å²) in [5.41, 5.74) is 5.13. The number of hydrogen-bond acceptors (Lipinski definition) is 5. The number of halogens is 1. The number of benzene rings is 1. The Morgan fingerprint density at radius 1 is 1.54 bits per heavy atom. The van der Waals surface area contributed by atoms with Crippen molar-refractivity contribution in [1.82, 2.24) is 0 Å². The standard InChI is InChI=1S/C6H4BrN3O3/c7-4-1-3(10(12)13)2-5(9-11)6(4)8/h1-2H,8H2. The Bertz CT molecular complexity index is 380. The van der Waals surface area contributed by atoms with E-state index in [0.29, 0.717) is 0 Å². The molecule has 0 atom stereocenters. The van der Waals surface area contributed by atoms with Crippen molar-refractivity contribution in [2.75, 3.05) is 5.73 Å². The second-order valence-corrected chi connectivity index (χ2v) is 3.06. The summed E-state index contributed by atoms with van der Waals surface area (Å²) in [6.07, 6.45) is 0. The first-order chi connectivity index (χ1) is 6.06. The maximum atomic E-state index is 10.3. The number of hydrogen-bond donors (Lipinski definition) is 1. The lowest BCUT2D eigenvalue weighted by Gasteiger charge is -1.99. The van der Waals surface area contributed by atoms with Crippen molar-refractivity contribution in [3.63, 3.8) is 0 Å². The van der Waals surface area contributed by atoms with E-state index in [4.69, 9.17) is 5.73 Å². The molecule has 0 saturated carbocycles. The molecule has 13 heavy (non-hydrogen) atoms. The highest BCUT2D eigenvalue weighted by molar-refractivity contribution is 9.10. The van der Waals surface area contributed by atoms with Crippen molar-refractivity contribution in [2.24, 2.45) is 5.18 Å². The highest BCUT2D eigenvalue weighted by atomic mass is 79.9. The lowest BCUT2D eigenvalue weighted by atomic mass is 10.2. The fourth-order valence-corrected chi connectivity index (χ4v) is 1.21. The van der Waals surface area contributed by atoms with Crippen molar-refractivity contribution < 1.29 is 4.92 Å². The molecule has 7 heteroatoms. The number of rotatable bonds is 2. The van der Waals surface area contributed by atoms with Crippen LogP contribution in [0.5, 0.6) is 0 Å². The molecule has 2 N–H and O–H groups in total. The van der Waals surface area contributed by atoms with E-state index in [1.54, 1.807) is 0 Å². The summed E-state index contributed by atoms with van der Waals surface area (Å²) < 4.78 is 0.288. The highest BCUT2D eigenvalue weighted by Crippen LogP contribution is 2.34. The first-order valence-corrected chi connectivity index (χ1v) is 3.92. The van der Waals surface area contributed by atoms with E-state index in [0.717, 1.165) is 6.07 Å². The summed E-state index contributed by atoms with van der Waals surface area (Å²) in [6.45, 7) is 0. The predicted molar refractivity (Wildman–Crippen MR) is 50.7 cm³/mol. The van der Waals surface area contributed by atoms with Crippen LogP contribution in [0.2, 0.25) is 0 Å². The van der Waals surface area contributed by atoms with Gasteiger partial charge in [-0.15, -0.1) is 4.91 Å². The quantitative estimate of drug-likeness (QED) is 0.374. The van der Waals surface area contributed by atoms with Gasteiger partial charge < -0.3 is 5.73 Å². The number of nitro groups is 1. The summed E-state index contributed by atoms with van der Waals surface area (Å²) in [5, 5.41) is 12.9. The largest absolute Gasteiger partial charge is 0.396 e. The van der Waals surface area contributed by atoms with Crippen LogP contribution < -0.4 is 5.73 Å². The van der Waals surface area contributed by atoms with E-state index in [2.05, 4.69) is 21.1 Å². The average Bonchev–Trinajstić information content (AvgIpc) is 2.09. The Hall–Kier alpha value is -1.50. The number of non-ortho nitro benzene ring substituents is 1. The molecule has 0 saturated heterocycles. The normalized spacial score (nSPS) is 9.62. The minimum atomic E-state index is -0.626. The average molecular weight is 246 g/mol. The second-order valence-electron chi connectivity index (χ2n) is 2.21. The molecule has 1 aromatic carbocycles. The van der Waals surface area contributed by atoms with Gasteiger partial charge in [0.1, 0.15) is 5.69 Å². The van der Waals surface area contributed by atoms with E-state index in [1.807, 2.05) is 0 Å². The third kappa shape index (κ3) is 1.81. The molecule has 6 nitrogen and oxygen atoms in total. The molecule has 0 heterocycles. The van der Waals surface area contributed by atoms with Crippen molar-refractivity contribution >= 4 is 33.0 Å². The predicted octanol–water partition coefficient (Wildman–Crippen LogP) is 2.34. The highest BCUT2D eigenvalue weighted by Gasteiger charge is 2.13. The Morgan fingerprint density at radius 2 is 2.15 bits per heavy atom. The van der Waals surface area contributed by atoms with Crippen LogP contribution in [0.4, 0.5) is 17.1 Å². The molecule has 0 amide bonds. The molecular weight excluding hydrogens is 242 g/mol. The summed E-state index contributed by atoms with van der Waals surface area (Å²) in [5.74, 6) is 0. The maximum absolute atomic E-state index is 10.3. The fraction of sp³-hybridized carbons (Fsp3) is 0. The van der Waals surface area contributed by atoms with Gasteiger partial charge in [0.05, 0.1) is 10.6 Å². The lowest BCUT2D eigenvalue weighted by Crippen LogP contribution is -1.92. The zero-order chi connectivity index (χ0) is 10.0. The molecule has 0 aliphatic carbocycles. The summed E-state index contributed by atoms with van der Waals surface area (Å²) in [6, 6.07) is 2.23. The number of anilines is 1. The maximum Gasteiger partial charge on any atom is 0.273 e. The van der Waals surface area contributed by atoms with Gasteiger partial charge in [-0.2, -0.15) is 0 Å². The first-order valence-electron chi connectivity index (χ1n) is 3.13. The molecule has 0 unspecified atom stereocenters. The lowest BCUT2D eigenvalue weighted by molar-refractivity contribution is -0.384. The van der Waals surface area contributed by atoms with E-state index in [-0.39, 0.29) is 21.5 Å². The van der Waals surface area contributed by atoms with Gasteiger partial charge in [-0.25, -0.2) is 0 Å². The molecule has 0 fully saturated rings. The minimum absolute atomic E-state index is 0.0978. The third-order valence-corrected chi connectivity index (χ3v) is 2.06. The number of nitroso groups, excluding NO2 is 1. The molecule has 0 aromatic heterocycles. The van der Waals surface area contributed by atoms with Crippen LogP contribution in [-0.2, 0) is 0 Å². The molecule has 0 spiro atoms. The van der Waals surface area contributed by atoms with Crippen molar-refractivity contribution in [1.29, 1.82) is 0 Å². The van der Waals surface area contributed by atoms with Gasteiger partial charge in [0, 0.05) is 16.6 Å². The zero-order valence-electron chi connectivity index (χ0n) is 6.23. The van der Waals surface area contributed by atoms with Crippen molar-refractivity contribution in [3.05, 3.63) is 31.6 Å². The van der Waals surface area contributed by atoms with Gasteiger partial charge in [0.25, 0.3) is 5.69 Å².